The number of anilines is 1. The van der Waals surface area contributed by atoms with Crippen molar-refractivity contribution in [3.05, 3.63) is 54.9 Å². The Morgan fingerprint density at radius 2 is 1.73 bits per heavy atom. The number of para-hydroxylation sites is 4. The van der Waals surface area contributed by atoms with E-state index in [1.54, 1.807) is 7.11 Å². The molecule has 0 aliphatic carbocycles. The number of hydrogen-bond acceptors (Lipinski definition) is 6. The molecule has 0 spiro atoms. The van der Waals surface area contributed by atoms with Crippen molar-refractivity contribution in [3.63, 3.8) is 0 Å². The number of carbonyl (C=O) groups excluding carboxylic acids is 1. The van der Waals surface area contributed by atoms with Gasteiger partial charge in [-0.15, -0.1) is 0 Å². The lowest BCUT2D eigenvalue weighted by Crippen LogP contribution is -2.31. The van der Waals surface area contributed by atoms with Crippen LogP contribution in [0.5, 0.6) is 5.75 Å². The number of nitrogens with one attached hydrogen (secondary N) is 2. The minimum Gasteiger partial charge on any atom is -0.495 e. The number of carboxylic acids is 2. The number of carbonyl (C=O) groups is 3. The summed E-state index contributed by atoms with van der Waals surface area (Å²) in [4.78, 5) is 34.8. The summed E-state index contributed by atoms with van der Waals surface area (Å²) < 4.78 is 7.42. The van der Waals surface area contributed by atoms with E-state index in [9.17, 15) is 4.79 Å². The number of imidazole rings is 1. The summed E-state index contributed by atoms with van der Waals surface area (Å²) in [7, 11) is 1.60. The molecule has 0 aliphatic rings. The second-order valence-corrected chi connectivity index (χ2v) is 7.20. The third-order valence-electron chi connectivity index (χ3n) is 4.65. The first kappa shape index (κ1) is 25.3. The van der Waals surface area contributed by atoms with Crippen LogP contribution in [0, 0.1) is 0 Å². The molecule has 2 aromatic carbocycles. The lowest BCUT2D eigenvalue weighted by atomic mass is 10.2. The highest BCUT2D eigenvalue weighted by atomic mass is 16.5. The minimum atomic E-state index is -1.82. The Kier molecular flexibility index (Phi) is 9.84. The number of nitrogens with zero attached hydrogens (tertiary/aromatic N) is 2. The molecule has 0 saturated carbocycles. The number of rotatable bonds is 9. The van der Waals surface area contributed by atoms with Gasteiger partial charge in [-0.2, -0.15) is 0 Å². The van der Waals surface area contributed by atoms with Crippen LogP contribution in [-0.2, 0) is 20.9 Å². The Morgan fingerprint density at radius 1 is 1.06 bits per heavy atom. The third kappa shape index (κ3) is 8.26. The van der Waals surface area contributed by atoms with E-state index in [-0.39, 0.29) is 11.9 Å². The number of ether oxygens (including phenoxy) is 1. The Balaban J connectivity index is 0.000000569. The van der Waals surface area contributed by atoms with Crippen molar-refractivity contribution in [3.8, 4) is 5.75 Å². The molecule has 10 heteroatoms. The molecule has 3 rings (SSSR count). The molecule has 0 saturated heterocycles. The lowest BCUT2D eigenvalue weighted by Gasteiger charge is -2.15. The predicted molar refractivity (Wildman–Crippen MR) is 123 cm³/mol. The number of benzene rings is 2. The molecule has 1 atom stereocenters. The molecule has 4 N–H and O–H groups in total. The smallest absolute Gasteiger partial charge is 0.414 e. The van der Waals surface area contributed by atoms with Crippen molar-refractivity contribution < 1.29 is 29.3 Å². The minimum absolute atomic E-state index is 0.0277. The number of hydrogen-bond donors (Lipinski definition) is 4. The highest BCUT2D eigenvalue weighted by Crippen LogP contribution is 2.23. The van der Waals surface area contributed by atoms with Crippen LogP contribution >= 0.6 is 0 Å². The van der Waals surface area contributed by atoms with Gasteiger partial charge in [-0.3, -0.25) is 4.79 Å². The first-order chi connectivity index (χ1) is 15.8. The molecule has 1 heterocycles. The van der Waals surface area contributed by atoms with Crippen molar-refractivity contribution in [2.24, 2.45) is 0 Å². The maximum Gasteiger partial charge on any atom is 0.414 e. The van der Waals surface area contributed by atoms with E-state index < -0.39 is 11.9 Å². The second kappa shape index (κ2) is 12.8. The number of methoxy groups -OCH3 is 1. The van der Waals surface area contributed by atoms with Crippen molar-refractivity contribution in [2.75, 3.05) is 19.0 Å². The summed E-state index contributed by atoms with van der Waals surface area (Å²) in [6.45, 7) is 3.76. The van der Waals surface area contributed by atoms with Gasteiger partial charge >= 0.3 is 11.9 Å². The van der Waals surface area contributed by atoms with Gasteiger partial charge < -0.3 is 30.2 Å². The van der Waals surface area contributed by atoms with Gasteiger partial charge in [0.05, 0.1) is 30.2 Å². The Bertz CT molecular complexity index is 1070. The first-order valence-corrected chi connectivity index (χ1v) is 10.3. The largest absolute Gasteiger partial charge is 0.495 e. The second-order valence-electron chi connectivity index (χ2n) is 7.20. The van der Waals surface area contributed by atoms with Crippen molar-refractivity contribution in [2.45, 2.75) is 32.4 Å². The molecule has 33 heavy (non-hydrogen) atoms. The molecule has 1 amide bonds. The van der Waals surface area contributed by atoms with Crippen LogP contribution in [0.3, 0.4) is 0 Å². The number of amides is 1. The summed E-state index contributed by atoms with van der Waals surface area (Å²) in [6.07, 6.45) is 3.26. The number of aliphatic carboxylic acids is 2. The predicted octanol–water partition coefficient (Wildman–Crippen LogP) is 2.60. The first-order valence-electron chi connectivity index (χ1n) is 10.3. The molecule has 0 fully saturated rings. The monoisotopic (exact) mass is 456 g/mol. The van der Waals surface area contributed by atoms with Crippen LogP contribution in [0.4, 0.5) is 5.69 Å². The van der Waals surface area contributed by atoms with E-state index in [0.29, 0.717) is 17.9 Å². The fourth-order valence-electron chi connectivity index (χ4n) is 3.09. The third-order valence-corrected chi connectivity index (χ3v) is 4.65. The lowest BCUT2D eigenvalue weighted by molar-refractivity contribution is -0.159. The van der Waals surface area contributed by atoms with Gasteiger partial charge in [0.2, 0.25) is 5.91 Å². The van der Waals surface area contributed by atoms with Crippen LogP contribution in [0.1, 0.15) is 19.8 Å². The van der Waals surface area contributed by atoms with E-state index in [2.05, 4.69) is 26.3 Å². The highest BCUT2D eigenvalue weighted by Gasteiger charge is 2.11. The summed E-state index contributed by atoms with van der Waals surface area (Å²) in [5.41, 5.74) is 2.87. The van der Waals surface area contributed by atoms with Crippen LogP contribution in [0.25, 0.3) is 11.0 Å². The Hall–Kier alpha value is -3.92. The SMILES string of the molecule is COc1ccccc1NC(=O)CC(C)NCCCn1cnc2ccccc21.O=C(O)C(=O)O. The van der Waals surface area contributed by atoms with E-state index >= 15 is 0 Å². The summed E-state index contributed by atoms with van der Waals surface area (Å²) >= 11 is 0. The van der Waals surface area contributed by atoms with E-state index in [1.807, 2.05) is 55.7 Å². The van der Waals surface area contributed by atoms with Crippen molar-refractivity contribution >= 4 is 34.6 Å². The van der Waals surface area contributed by atoms with Crippen molar-refractivity contribution in [1.82, 2.24) is 14.9 Å². The number of fused-ring (bicyclic) bond motifs is 1. The topological polar surface area (TPSA) is 143 Å². The van der Waals surface area contributed by atoms with Gasteiger partial charge in [0, 0.05) is 19.0 Å². The number of aromatic nitrogens is 2. The maximum atomic E-state index is 12.2. The molecule has 1 unspecified atom stereocenters. The average molecular weight is 456 g/mol. The van der Waals surface area contributed by atoms with Gasteiger partial charge in [0.25, 0.3) is 0 Å². The van der Waals surface area contributed by atoms with E-state index in [1.165, 1.54) is 0 Å². The fourth-order valence-corrected chi connectivity index (χ4v) is 3.09. The quantitative estimate of drug-likeness (QED) is 0.284. The molecular weight excluding hydrogens is 428 g/mol. The van der Waals surface area contributed by atoms with E-state index in [4.69, 9.17) is 24.5 Å². The molecular formula is C23H28N4O6. The van der Waals surface area contributed by atoms with Crippen LogP contribution in [0.2, 0.25) is 0 Å². The molecule has 3 aromatic rings. The zero-order chi connectivity index (χ0) is 24.2. The molecule has 1 aromatic heterocycles. The molecule has 0 radical (unpaired) electrons. The van der Waals surface area contributed by atoms with Gasteiger partial charge in [-0.05, 0) is 44.2 Å². The Morgan fingerprint density at radius 3 is 2.42 bits per heavy atom. The molecule has 176 valence electrons. The van der Waals surface area contributed by atoms with Gasteiger partial charge in [-0.1, -0.05) is 24.3 Å². The van der Waals surface area contributed by atoms with Gasteiger partial charge in [-0.25, -0.2) is 14.6 Å². The molecule has 10 nitrogen and oxygen atoms in total. The summed E-state index contributed by atoms with van der Waals surface area (Å²) in [5, 5.41) is 21.1. The van der Waals surface area contributed by atoms with Crippen LogP contribution in [-0.4, -0.2) is 57.3 Å². The standard InChI is InChI=1S/C21H26N4O2.C2H2O4/c1-16(14-21(26)24-18-9-4-6-11-20(18)27-2)22-12-7-13-25-15-23-17-8-3-5-10-19(17)25;3-1(4)2(5)6/h3-6,8-11,15-16,22H,7,12-14H2,1-2H3,(H,24,26);(H,3,4)(H,5,6). The zero-order valence-corrected chi connectivity index (χ0v) is 18.5. The number of aryl methyl sites for hydroxylation is 1. The van der Waals surface area contributed by atoms with Crippen LogP contribution < -0.4 is 15.4 Å². The number of carboxylic acid groups (broad SMARTS) is 2. The summed E-state index contributed by atoms with van der Waals surface area (Å²) in [6, 6.07) is 15.6. The average Bonchev–Trinajstić information content (AvgIpc) is 3.20. The van der Waals surface area contributed by atoms with Crippen LogP contribution in [0.15, 0.2) is 54.9 Å². The van der Waals surface area contributed by atoms with Gasteiger partial charge in [0.1, 0.15) is 5.75 Å². The fraction of sp³-hybridized carbons (Fsp3) is 0.304. The molecule has 0 bridgehead atoms. The maximum absolute atomic E-state index is 12.2. The molecule has 0 aliphatic heterocycles. The Labute approximate surface area is 191 Å². The normalized spacial score (nSPS) is 11.2. The van der Waals surface area contributed by atoms with Crippen molar-refractivity contribution in [1.29, 1.82) is 0 Å². The summed E-state index contributed by atoms with van der Waals surface area (Å²) in [5.74, 6) is -3.01. The van der Waals surface area contributed by atoms with E-state index in [0.717, 1.165) is 30.5 Å². The van der Waals surface area contributed by atoms with Gasteiger partial charge in [0.15, 0.2) is 0 Å². The highest BCUT2D eigenvalue weighted by molar-refractivity contribution is 6.27. The zero-order valence-electron chi connectivity index (χ0n) is 18.5.